The molecule has 0 bridgehead atoms. The van der Waals surface area contributed by atoms with Gasteiger partial charge in [-0.15, -0.1) is 0 Å². The zero-order valence-electron chi connectivity index (χ0n) is 17.3. The molecule has 2 aliphatic rings. The fourth-order valence-electron chi connectivity index (χ4n) is 3.82. The molecule has 29 heavy (non-hydrogen) atoms. The maximum atomic E-state index is 13.0. The van der Waals surface area contributed by atoms with Crippen LogP contribution in [0.1, 0.15) is 27.2 Å². The molecule has 1 unspecified atom stereocenters. The van der Waals surface area contributed by atoms with Gasteiger partial charge in [0.25, 0.3) is 0 Å². The van der Waals surface area contributed by atoms with E-state index in [9.17, 15) is 18.0 Å². The molecule has 160 valence electrons. The highest BCUT2D eigenvalue weighted by atomic mass is 32.2. The highest BCUT2D eigenvalue weighted by Crippen LogP contribution is 2.24. The zero-order chi connectivity index (χ0) is 21.2. The summed E-state index contributed by atoms with van der Waals surface area (Å²) in [6, 6.07) is 6.41. The third kappa shape index (κ3) is 4.79. The molecule has 3 rings (SSSR count). The van der Waals surface area contributed by atoms with Crippen molar-refractivity contribution in [2.75, 3.05) is 44.6 Å². The minimum Gasteiger partial charge on any atom is -0.339 e. The van der Waals surface area contributed by atoms with Crippen molar-refractivity contribution in [3.8, 4) is 0 Å². The quantitative estimate of drug-likeness (QED) is 0.744. The van der Waals surface area contributed by atoms with Crippen LogP contribution < -0.4 is 5.32 Å². The Hall–Kier alpha value is -1.97. The van der Waals surface area contributed by atoms with Crippen LogP contribution in [0.15, 0.2) is 29.2 Å². The van der Waals surface area contributed by atoms with E-state index < -0.39 is 15.9 Å². The number of amides is 2. The predicted molar refractivity (Wildman–Crippen MR) is 111 cm³/mol. The fraction of sp³-hybridized carbons (Fsp3) is 0.600. The first-order chi connectivity index (χ1) is 13.7. The highest BCUT2D eigenvalue weighted by Gasteiger charge is 2.35. The number of sulfonamides is 1. The van der Waals surface area contributed by atoms with Gasteiger partial charge in [0.15, 0.2) is 0 Å². The molecule has 1 aromatic carbocycles. The third-order valence-electron chi connectivity index (χ3n) is 5.67. The molecule has 2 fully saturated rings. The Balaban J connectivity index is 1.68. The average molecular weight is 423 g/mol. The monoisotopic (exact) mass is 422 g/mol. The number of carbonyl (C=O) groups is 2. The van der Waals surface area contributed by atoms with Crippen molar-refractivity contribution < 1.29 is 18.0 Å². The summed E-state index contributed by atoms with van der Waals surface area (Å²) in [6.07, 6.45) is 0.184. The Labute approximate surface area is 172 Å². The van der Waals surface area contributed by atoms with Gasteiger partial charge >= 0.3 is 0 Å². The molecule has 2 heterocycles. The van der Waals surface area contributed by atoms with Crippen LogP contribution in [0, 0.1) is 5.92 Å². The van der Waals surface area contributed by atoms with Gasteiger partial charge in [-0.25, -0.2) is 8.42 Å². The smallest absolute Gasteiger partial charge is 0.243 e. The minimum absolute atomic E-state index is 0.0253. The Morgan fingerprint density at radius 3 is 2.48 bits per heavy atom. The minimum atomic E-state index is -3.61. The molecule has 1 atom stereocenters. The van der Waals surface area contributed by atoms with E-state index in [4.69, 9.17) is 0 Å². The van der Waals surface area contributed by atoms with E-state index in [1.54, 1.807) is 23.1 Å². The maximum Gasteiger partial charge on any atom is 0.243 e. The number of hydrogen-bond acceptors (Lipinski definition) is 5. The standard InChI is InChI=1S/C20H30N4O4S/c1-4-22-8-10-23(11-9-22)29(27,28)18-7-5-6-17(13-18)21-20(26)16-12-19(25)24(14-16)15(2)3/h5-7,13,15-16H,4,8-12,14H2,1-3H3,(H,21,26). The van der Waals surface area contributed by atoms with E-state index in [-0.39, 0.29) is 29.2 Å². The second-order valence-corrected chi connectivity index (χ2v) is 9.83. The summed E-state index contributed by atoms with van der Waals surface area (Å²) in [5.74, 6) is -0.706. The van der Waals surface area contributed by atoms with Crippen molar-refractivity contribution in [1.29, 1.82) is 0 Å². The van der Waals surface area contributed by atoms with Crippen molar-refractivity contribution >= 4 is 27.5 Å². The molecule has 0 aliphatic carbocycles. The largest absolute Gasteiger partial charge is 0.339 e. The number of carbonyl (C=O) groups excluding carboxylic acids is 2. The van der Waals surface area contributed by atoms with E-state index in [0.29, 0.717) is 38.4 Å². The fourth-order valence-corrected chi connectivity index (χ4v) is 5.29. The average Bonchev–Trinajstić information content (AvgIpc) is 3.10. The Kier molecular flexibility index (Phi) is 6.60. The molecule has 9 heteroatoms. The van der Waals surface area contributed by atoms with Crippen molar-refractivity contribution in [3.05, 3.63) is 24.3 Å². The first-order valence-electron chi connectivity index (χ1n) is 10.1. The third-order valence-corrected chi connectivity index (χ3v) is 7.57. The van der Waals surface area contributed by atoms with E-state index in [0.717, 1.165) is 6.54 Å². The Morgan fingerprint density at radius 1 is 1.21 bits per heavy atom. The van der Waals surface area contributed by atoms with E-state index in [1.807, 2.05) is 13.8 Å². The van der Waals surface area contributed by atoms with Gasteiger partial charge in [-0.2, -0.15) is 4.31 Å². The van der Waals surface area contributed by atoms with Gasteiger partial charge in [0.2, 0.25) is 21.8 Å². The SMILES string of the molecule is CCN1CCN(S(=O)(=O)c2cccc(NC(=O)C3CC(=O)N(C(C)C)C3)c2)CC1. The zero-order valence-corrected chi connectivity index (χ0v) is 18.1. The lowest BCUT2D eigenvalue weighted by Crippen LogP contribution is -2.48. The van der Waals surface area contributed by atoms with Crippen LogP contribution in [0.5, 0.6) is 0 Å². The van der Waals surface area contributed by atoms with Crippen molar-refractivity contribution in [2.24, 2.45) is 5.92 Å². The summed E-state index contributed by atoms with van der Waals surface area (Å²) in [5, 5.41) is 2.79. The van der Waals surface area contributed by atoms with Gasteiger partial charge in [-0.05, 0) is 38.6 Å². The molecule has 0 spiro atoms. The topological polar surface area (TPSA) is 90.0 Å². The summed E-state index contributed by atoms with van der Waals surface area (Å²) in [4.78, 5) is 28.7. The lowest BCUT2D eigenvalue weighted by Gasteiger charge is -2.33. The van der Waals surface area contributed by atoms with Crippen molar-refractivity contribution in [1.82, 2.24) is 14.1 Å². The van der Waals surface area contributed by atoms with Gasteiger partial charge < -0.3 is 15.1 Å². The highest BCUT2D eigenvalue weighted by molar-refractivity contribution is 7.89. The number of nitrogens with one attached hydrogen (secondary N) is 1. The number of piperazine rings is 1. The van der Waals surface area contributed by atoms with Crippen molar-refractivity contribution in [2.45, 2.75) is 38.1 Å². The molecule has 8 nitrogen and oxygen atoms in total. The predicted octanol–water partition coefficient (Wildman–Crippen LogP) is 1.21. The molecule has 2 aliphatic heterocycles. The normalized spacial score (nSPS) is 21.7. The Morgan fingerprint density at radius 2 is 1.90 bits per heavy atom. The number of likely N-dealkylation sites (tertiary alicyclic amines) is 1. The summed E-state index contributed by atoms with van der Waals surface area (Å²) in [5.41, 5.74) is 0.429. The van der Waals surface area contributed by atoms with E-state index in [2.05, 4.69) is 17.1 Å². The summed E-state index contributed by atoms with van der Waals surface area (Å²) in [6.45, 7) is 9.57. The maximum absolute atomic E-state index is 13.0. The van der Waals surface area contributed by atoms with Crippen LogP contribution in [0.25, 0.3) is 0 Å². The lowest BCUT2D eigenvalue weighted by atomic mass is 10.1. The summed E-state index contributed by atoms with van der Waals surface area (Å²) in [7, 11) is -3.61. The molecule has 1 N–H and O–H groups in total. The van der Waals surface area contributed by atoms with Gasteiger partial charge in [-0.3, -0.25) is 9.59 Å². The van der Waals surface area contributed by atoms with Gasteiger partial charge in [-0.1, -0.05) is 13.0 Å². The van der Waals surface area contributed by atoms with E-state index in [1.165, 1.54) is 10.4 Å². The van der Waals surface area contributed by atoms with Gasteiger partial charge in [0.05, 0.1) is 10.8 Å². The van der Waals surface area contributed by atoms with Crippen molar-refractivity contribution in [3.63, 3.8) is 0 Å². The second kappa shape index (κ2) is 8.81. The molecule has 0 radical (unpaired) electrons. The number of nitrogens with zero attached hydrogens (tertiary/aromatic N) is 3. The van der Waals surface area contributed by atoms with Crippen LogP contribution in [-0.2, 0) is 19.6 Å². The first kappa shape index (κ1) is 21.7. The molecule has 1 aromatic rings. The molecular weight excluding hydrogens is 392 g/mol. The van der Waals surface area contributed by atoms with E-state index >= 15 is 0 Å². The Bertz CT molecular complexity index is 863. The molecule has 2 saturated heterocycles. The van der Waals surface area contributed by atoms with Gasteiger partial charge in [0, 0.05) is 50.9 Å². The number of rotatable bonds is 6. The number of hydrogen-bond donors (Lipinski definition) is 1. The molecular formula is C20H30N4O4S. The van der Waals surface area contributed by atoms with Crippen LogP contribution in [0.2, 0.25) is 0 Å². The first-order valence-corrected chi connectivity index (χ1v) is 11.6. The van der Waals surface area contributed by atoms with Crippen LogP contribution >= 0.6 is 0 Å². The summed E-state index contributed by atoms with van der Waals surface area (Å²) >= 11 is 0. The van der Waals surface area contributed by atoms with Gasteiger partial charge in [0.1, 0.15) is 0 Å². The van der Waals surface area contributed by atoms with Crippen LogP contribution in [-0.4, -0.2) is 79.6 Å². The number of benzene rings is 1. The molecule has 0 saturated carbocycles. The second-order valence-electron chi connectivity index (χ2n) is 7.90. The number of likely N-dealkylation sites (N-methyl/N-ethyl adjacent to an activating group) is 1. The summed E-state index contributed by atoms with van der Waals surface area (Å²) < 4.78 is 27.5. The number of anilines is 1. The molecule has 2 amide bonds. The lowest BCUT2D eigenvalue weighted by molar-refractivity contribution is -0.129. The van der Waals surface area contributed by atoms with Crippen LogP contribution in [0.3, 0.4) is 0 Å². The molecule has 0 aromatic heterocycles. The van der Waals surface area contributed by atoms with Crippen LogP contribution in [0.4, 0.5) is 5.69 Å².